The van der Waals surface area contributed by atoms with Crippen LogP contribution in [-0.4, -0.2) is 68.6 Å². The maximum Gasteiger partial charge on any atom is 0.179 e. The second kappa shape index (κ2) is 10.5. The number of halogens is 2. The molecule has 38 heavy (non-hydrogen) atoms. The van der Waals surface area contributed by atoms with Crippen molar-refractivity contribution in [2.45, 2.75) is 59.5 Å². The number of allylic oxidation sites excluding steroid dienone is 1. The predicted molar refractivity (Wildman–Crippen MR) is 147 cm³/mol. The van der Waals surface area contributed by atoms with Gasteiger partial charge >= 0.3 is 0 Å². The first-order valence-corrected chi connectivity index (χ1v) is 13.3. The number of likely N-dealkylation sites (N-methyl/N-ethyl adjacent to an activating group) is 1. The van der Waals surface area contributed by atoms with Gasteiger partial charge in [0, 0.05) is 56.2 Å². The smallest absolute Gasteiger partial charge is 0.179 e. The molecule has 0 radical (unpaired) electrons. The number of aryl methyl sites for hydroxylation is 1. The van der Waals surface area contributed by atoms with E-state index in [1.165, 1.54) is 17.2 Å². The normalized spacial score (nSPS) is 21.3. The number of aromatic nitrogens is 3. The number of aliphatic imine (C=N–C) groups is 1. The SMILES string of the molecule is CCN1CCN(Cc2ccc(N3C=C(F)C(c4cc(F)c5nc(C)n(C(C)C)c5c4)=N[C@H]3N)nc2)CC1C. The Morgan fingerprint density at radius 2 is 1.95 bits per heavy atom. The zero-order chi connectivity index (χ0) is 27.1. The van der Waals surface area contributed by atoms with E-state index in [1.54, 1.807) is 6.07 Å². The molecular weight excluding hydrogens is 486 g/mol. The van der Waals surface area contributed by atoms with E-state index in [0.29, 0.717) is 28.8 Å². The summed E-state index contributed by atoms with van der Waals surface area (Å²) < 4.78 is 32.3. The van der Waals surface area contributed by atoms with Crippen LogP contribution in [0, 0.1) is 12.7 Å². The van der Waals surface area contributed by atoms with Crippen LogP contribution in [0.15, 0.2) is 47.5 Å². The number of nitrogens with two attached hydrogens (primary N) is 1. The van der Waals surface area contributed by atoms with Crippen molar-refractivity contribution in [1.29, 1.82) is 0 Å². The number of hydrogen-bond donors (Lipinski definition) is 1. The number of hydrogen-bond acceptors (Lipinski definition) is 7. The summed E-state index contributed by atoms with van der Waals surface area (Å²) in [5.41, 5.74) is 8.61. The number of benzene rings is 1. The largest absolute Gasteiger partial charge is 0.326 e. The third-order valence-electron chi connectivity index (χ3n) is 7.48. The Morgan fingerprint density at radius 1 is 1.16 bits per heavy atom. The van der Waals surface area contributed by atoms with E-state index in [2.05, 4.69) is 38.6 Å². The molecule has 2 aromatic heterocycles. The third-order valence-corrected chi connectivity index (χ3v) is 7.48. The average Bonchev–Trinajstić information content (AvgIpc) is 3.22. The highest BCUT2D eigenvalue weighted by atomic mass is 19.1. The van der Waals surface area contributed by atoms with Gasteiger partial charge in [-0.3, -0.25) is 20.4 Å². The Morgan fingerprint density at radius 3 is 2.61 bits per heavy atom. The molecule has 1 fully saturated rings. The molecule has 8 nitrogen and oxygen atoms in total. The van der Waals surface area contributed by atoms with E-state index in [0.717, 1.165) is 38.3 Å². The summed E-state index contributed by atoms with van der Waals surface area (Å²) in [4.78, 5) is 19.7. The zero-order valence-electron chi connectivity index (χ0n) is 22.7. The summed E-state index contributed by atoms with van der Waals surface area (Å²) in [6.07, 6.45) is 2.19. The fourth-order valence-electron chi connectivity index (χ4n) is 5.59. The van der Waals surface area contributed by atoms with E-state index < -0.39 is 17.9 Å². The lowest BCUT2D eigenvalue weighted by Crippen LogP contribution is -2.51. The van der Waals surface area contributed by atoms with Gasteiger partial charge in [-0.1, -0.05) is 13.0 Å². The van der Waals surface area contributed by atoms with Gasteiger partial charge in [0.1, 0.15) is 22.9 Å². The number of imidazole rings is 1. The molecule has 202 valence electrons. The molecule has 4 heterocycles. The fraction of sp³-hybridized carbons (Fsp3) is 0.464. The van der Waals surface area contributed by atoms with Gasteiger partial charge in [-0.25, -0.2) is 23.7 Å². The van der Waals surface area contributed by atoms with Crippen molar-refractivity contribution in [3.05, 3.63) is 65.3 Å². The molecule has 2 aliphatic rings. The van der Waals surface area contributed by atoms with E-state index in [1.807, 2.05) is 43.7 Å². The average molecular weight is 523 g/mol. The molecular formula is C28H36F2N8. The number of piperazine rings is 1. The van der Waals surface area contributed by atoms with Gasteiger partial charge in [0.2, 0.25) is 0 Å². The first-order chi connectivity index (χ1) is 18.2. The highest BCUT2D eigenvalue weighted by Crippen LogP contribution is 2.29. The first-order valence-electron chi connectivity index (χ1n) is 13.3. The third kappa shape index (κ3) is 4.95. The van der Waals surface area contributed by atoms with Crippen LogP contribution in [0.3, 0.4) is 0 Å². The molecule has 10 heteroatoms. The van der Waals surface area contributed by atoms with Crippen molar-refractivity contribution in [1.82, 2.24) is 24.3 Å². The monoisotopic (exact) mass is 522 g/mol. The number of nitrogens with zero attached hydrogens (tertiary/aromatic N) is 7. The molecule has 0 saturated carbocycles. The van der Waals surface area contributed by atoms with Gasteiger partial charge in [0.25, 0.3) is 0 Å². The number of rotatable bonds is 6. The van der Waals surface area contributed by atoms with Gasteiger partial charge in [0.05, 0.1) is 5.52 Å². The molecule has 1 unspecified atom stereocenters. The minimum atomic E-state index is -0.902. The maximum absolute atomic E-state index is 15.4. The summed E-state index contributed by atoms with van der Waals surface area (Å²) in [6.45, 7) is 15.3. The van der Waals surface area contributed by atoms with Gasteiger partial charge in [0.15, 0.2) is 17.9 Å². The number of anilines is 1. The van der Waals surface area contributed by atoms with Crippen LogP contribution in [0.4, 0.5) is 14.6 Å². The summed E-state index contributed by atoms with van der Waals surface area (Å²) >= 11 is 0. The highest BCUT2D eigenvalue weighted by molar-refractivity contribution is 6.13. The van der Waals surface area contributed by atoms with E-state index in [9.17, 15) is 4.39 Å². The maximum atomic E-state index is 15.4. The second-order valence-electron chi connectivity index (χ2n) is 10.5. The lowest BCUT2D eigenvalue weighted by Gasteiger charge is -2.39. The second-order valence-corrected chi connectivity index (χ2v) is 10.5. The standard InChI is InChI=1S/C28H36F2N8/c1-6-36-10-9-35(14-18(36)4)15-20-7-8-25(32-13-20)37-16-23(30)26(34-28(37)31)21-11-22(29)27-24(12-21)38(17(2)3)19(5)33-27/h7-8,11-13,16-18,28H,6,9-10,14-15,31H2,1-5H3/t18?,28-/m1/s1. The predicted octanol–water partition coefficient (Wildman–Crippen LogP) is 4.35. The quantitative estimate of drug-likeness (QED) is 0.519. The molecule has 3 aromatic rings. The molecule has 1 saturated heterocycles. The molecule has 0 aliphatic carbocycles. The molecule has 0 spiro atoms. The Kier molecular flexibility index (Phi) is 7.30. The summed E-state index contributed by atoms with van der Waals surface area (Å²) in [6, 6.07) is 7.41. The molecule has 1 aromatic carbocycles. The van der Waals surface area contributed by atoms with Crippen LogP contribution in [0.5, 0.6) is 0 Å². The van der Waals surface area contributed by atoms with E-state index in [-0.39, 0.29) is 17.3 Å². The minimum absolute atomic E-state index is 0.0145. The Hall–Kier alpha value is -3.21. The van der Waals surface area contributed by atoms with Crippen molar-refractivity contribution in [3.8, 4) is 0 Å². The van der Waals surface area contributed by atoms with Crippen molar-refractivity contribution in [3.63, 3.8) is 0 Å². The van der Waals surface area contributed by atoms with Crippen LogP contribution in [-0.2, 0) is 6.54 Å². The number of fused-ring (bicyclic) bond motifs is 1. The van der Waals surface area contributed by atoms with Crippen molar-refractivity contribution in [2.75, 3.05) is 31.1 Å². The van der Waals surface area contributed by atoms with Crippen molar-refractivity contribution in [2.24, 2.45) is 10.7 Å². The molecule has 5 rings (SSSR count). The lowest BCUT2D eigenvalue weighted by atomic mass is 10.1. The summed E-state index contributed by atoms with van der Waals surface area (Å²) in [5, 5.41) is 0. The molecule has 2 atom stereocenters. The fourth-order valence-corrected chi connectivity index (χ4v) is 5.59. The molecule has 0 amide bonds. The lowest BCUT2D eigenvalue weighted by molar-refractivity contribution is 0.0834. The van der Waals surface area contributed by atoms with Crippen LogP contribution >= 0.6 is 0 Å². The van der Waals surface area contributed by atoms with Gasteiger partial charge in [-0.2, -0.15) is 0 Å². The van der Waals surface area contributed by atoms with Crippen LogP contribution < -0.4 is 10.6 Å². The molecule has 2 aliphatic heterocycles. The van der Waals surface area contributed by atoms with E-state index in [4.69, 9.17) is 5.73 Å². The van der Waals surface area contributed by atoms with Crippen LogP contribution in [0.1, 0.15) is 50.7 Å². The van der Waals surface area contributed by atoms with E-state index >= 15 is 4.39 Å². The molecule has 0 bridgehead atoms. The van der Waals surface area contributed by atoms with Crippen molar-refractivity contribution >= 4 is 22.6 Å². The Balaban J connectivity index is 1.34. The minimum Gasteiger partial charge on any atom is -0.326 e. The van der Waals surface area contributed by atoms with Gasteiger partial charge < -0.3 is 4.57 Å². The number of pyridine rings is 1. The Labute approximate surface area is 222 Å². The molecule has 2 N–H and O–H groups in total. The first kappa shape index (κ1) is 26.4. The summed E-state index contributed by atoms with van der Waals surface area (Å²) in [5.74, 6) is 0.0713. The topological polar surface area (TPSA) is 78.8 Å². The Bertz CT molecular complexity index is 1380. The van der Waals surface area contributed by atoms with Crippen LogP contribution in [0.2, 0.25) is 0 Å². The summed E-state index contributed by atoms with van der Waals surface area (Å²) in [7, 11) is 0. The van der Waals surface area contributed by atoms with Crippen molar-refractivity contribution < 1.29 is 8.78 Å². The zero-order valence-corrected chi connectivity index (χ0v) is 22.7. The van der Waals surface area contributed by atoms with Gasteiger partial charge in [-0.15, -0.1) is 0 Å². The van der Waals surface area contributed by atoms with Crippen LogP contribution in [0.25, 0.3) is 11.0 Å². The highest BCUT2D eigenvalue weighted by Gasteiger charge is 2.26. The van der Waals surface area contributed by atoms with Gasteiger partial charge in [-0.05, 0) is 58.0 Å².